The number of nitrogens with zero attached hydrogens (tertiary/aromatic N) is 3. The number of ether oxygens (including phenoxy) is 1. The first-order valence-electron chi connectivity index (χ1n) is 8.79. The predicted molar refractivity (Wildman–Crippen MR) is 107 cm³/mol. The number of halogens is 1. The van der Waals surface area contributed by atoms with E-state index in [0.29, 0.717) is 24.7 Å². The van der Waals surface area contributed by atoms with Crippen LogP contribution in [0.25, 0.3) is 0 Å². The molecule has 0 bridgehead atoms. The Morgan fingerprint density at radius 1 is 1.14 bits per heavy atom. The van der Waals surface area contributed by atoms with Crippen LogP contribution in [-0.4, -0.2) is 40.1 Å². The summed E-state index contributed by atoms with van der Waals surface area (Å²) in [5, 5.41) is 11.7. The van der Waals surface area contributed by atoms with Crippen LogP contribution in [0, 0.1) is 5.82 Å². The maximum Gasteiger partial charge on any atom is 0.234 e. The lowest BCUT2D eigenvalue weighted by Crippen LogP contribution is -2.16. The smallest absolute Gasteiger partial charge is 0.234 e. The molecule has 28 heavy (non-hydrogen) atoms. The van der Waals surface area contributed by atoms with Gasteiger partial charge in [-0.2, -0.15) is 0 Å². The van der Waals surface area contributed by atoms with Crippen LogP contribution in [0.1, 0.15) is 11.4 Å². The van der Waals surface area contributed by atoms with Crippen LogP contribution in [0.5, 0.6) is 0 Å². The third-order valence-electron chi connectivity index (χ3n) is 4.00. The molecule has 146 valence electrons. The molecule has 0 radical (unpaired) electrons. The van der Waals surface area contributed by atoms with Crippen molar-refractivity contribution in [1.29, 1.82) is 0 Å². The van der Waals surface area contributed by atoms with Gasteiger partial charge in [0.2, 0.25) is 5.91 Å². The molecular formula is C20H21FN4O2S. The summed E-state index contributed by atoms with van der Waals surface area (Å²) in [6.07, 6.45) is 0.638. The van der Waals surface area contributed by atoms with Crippen molar-refractivity contribution in [3.63, 3.8) is 0 Å². The van der Waals surface area contributed by atoms with Gasteiger partial charge in [0.15, 0.2) is 5.16 Å². The van der Waals surface area contributed by atoms with Crippen LogP contribution in [0.3, 0.4) is 0 Å². The minimum atomic E-state index is -0.464. The van der Waals surface area contributed by atoms with Crippen molar-refractivity contribution in [2.45, 2.75) is 18.1 Å². The standard InChI is InChI=1S/C20H21FN4O2S/c1-27-12-11-25-18(13-15-7-3-2-4-8-15)23-24-20(25)28-14-19(26)22-17-10-6-5-9-16(17)21/h2-10H,11-14H2,1H3,(H,22,26). The number of thioether (sulfide) groups is 1. The summed E-state index contributed by atoms with van der Waals surface area (Å²) in [4.78, 5) is 12.2. The highest BCUT2D eigenvalue weighted by Gasteiger charge is 2.15. The molecule has 6 nitrogen and oxygen atoms in total. The molecule has 1 amide bonds. The number of aromatic nitrogens is 3. The molecule has 0 aliphatic carbocycles. The van der Waals surface area contributed by atoms with Crippen LogP contribution in [0.2, 0.25) is 0 Å². The van der Waals surface area contributed by atoms with E-state index in [1.165, 1.54) is 23.9 Å². The summed E-state index contributed by atoms with van der Waals surface area (Å²) in [6.45, 7) is 1.09. The molecule has 1 heterocycles. The van der Waals surface area contributed by atoms with E-state index in [1.807, 2.05) is 34.9 Å². The number of nitrogens with one attached hydrogen (secondary N) is 1. The SMILES string of the molecule is COCCn1c(Cc2ccccc2)nnc1SCC(=O)Nc1ccccc1F. The molecule has 3 rings (SSSR count). The van der Waals surface area contributed by atoms with Crippen molar-refractivity contribution < 1.29 is 13.9 Å². The lowest BCUT2D eigenvalue weighted by atomic mass is 10.1. The van der Waals surface area contributed by atoms with Crippen molar-refractivity contribution in [1.82, 2.24) is 14.8 Å². The summed E-state index contributed by atoms with van der Waals surface area (Å²) >= 11 is 1.26. The maximum absolute atomic E-state index is 13.7. The fourth-order valence-corrected chi connectivity index (χ4v) is 3.40. The topological polar surface area (TPSA) is 69.0 Å². The van der Waals surface area contributed by atoms with Gasteiger partial charge in [0.1, 0.15) is 11.6 Å². The Kier molecular flexibility index (Phi) is 7.16. The minimum Gasteiger partial charge on any atom is -0.383 e. The van der Waals surface area contributed by atoms with E-state index >= 15 is 0 Å². The van der Waals surface area contributed by atoms with Gasteiger partial charge in [0.05, 0.1) is 18.0 Å². The number of benzene rings is 2. The van der Waals surface area contributed by atoms with Gasteiger partial charge in [-0.15, -0.1) is 10.2 Å². The van der Waals surface area contributed by atoms with Gasteiger partial charge in [-0.05, 0) is 17.7 Å². The lowest BCUT2D eigenvalue weighted by molar-refractivity contribution is -0.113. The summed E-state index contributed by atoms with van der Waals surface area (Å²) in [5.74, 6) is 0.139. The fourth-order valence-electron chi connectivity index (χ4n) is 2.62. The number of anilines is 1. The monoisotopic (exact) mass is 400 g/mol. The predicted octanol–water partition coefficient (Wildman–Crippen LogP) is 3.39. The number of carbonyl (C=O) groups is 1. The molecule has 2 aromatic carbocycles. The molecule has 0 saturated heterocycles. The van der Waals surface area contributed by atoms with Crippen molar-refractivity contribution in [3.05, 3.63) is 71.8 Å². The summed E-state index contributed by atoms with van der Waals surface area (Å²) in [5.41, 5.74) is 1.29. The zero-order valence-corrected chi connectivity index (χ0v) is 16.3. The van der Waals surface area contributed by atoms with E-state index < -0.39 is 5.82 Å². The summed E-state index contributed by atoms with van der Waals surface area (Å²) in [6, 6.07) is 16.1. The van der Waals surface area contributed by atoms with Crippen molar-refractivity contribution >= 4 is 23.4 Å². The Morgan fingerprint density at radius 2 is 1.89 bits per heavy atom. The Labute approximate surface area is 167 Å². The molecule has 0 fully saturated rings. The number of methoxy groups -OCH3 is 1. The van der Waals surface area contributed by atoms with E-state index in [1.54, 1.807) is 19.2 Å². The second kappa shape index (κ2) is 10.0. The Hall–Kier alpha value is -2.71. The lowest BCUT2D eigenvalue weighted by Gasteiger charge is -2.10. The molecule has 1 N–H and O–H groups in total. The van der Waals surface area contributed by atoms with Crippen LogP contribution in [0.15, 0.2) is 59.8 Å². The highest BCUT2D eigenvalue weighted by molar-refractivity contribution is 7.99. The minimum absolute atomic E-state index is 0.102. The number of hydrogen-bond acceptors (Lipinski definition) is 5. The van der Waals surface area contributed by atoms with Crippen LogP contribution in [0.4, 0.5) is 10.1 Å². The first-order chi connectivity index (χ1) is 13.7. The highest BCUT2D eigenvalue weighted by Crippen LogP contribution is 2.20. The second-order valence-electron chi connectivity index (χ2n) is 6.02. The third-order valence-corrected chi connectivity index (χ3v) is 4.96. The molecule has 0 aliphatic heterocycles. The maximum atomic E-state index is 13.7. The van der Waals surface area contributed by atoms with Gasteiger partial charge in [0, 0.05) is 20.1 Å². The van der Waals surface area contributed by atoms with E-state index in [0.717, 1.165) is 11.4 Å². The van der Waals surface area contributed by atoms with Crippen molar-refractivity contribution in [2.75, 3.05) is 24.8 Å². The van der Waals surface area contributed by atoms with E-state index in [9.17, 15) is 9.18 Å². The number of amides is 1. The van der Waals surface area contributed by atoms with Gasteiger partial charge in [-0.3, -0.25) is 4.79 Å². The van der Waals surface area contributed by atoms with E-state index in [4.69, 9.17) is 4.74 Å². The van der Waals surface area contributed by atoms with Gasteiger partial charge in [-0.1, -0.05) is 54.2 Å². The average Bonchev–Trinajstić information content (AvgIpc) is 3.08. The second-order valence-corrected chi connectivity index (χ2v) is 6.96. The zero-order chi connectivity index (χ0) is 19.8. The number of hydrogen-bond donors (Lipinski definition) is 1. The Bertz CT molecular complexity index is 918. The highest BCUT2D eigenvalue weighted by atomic mass is 32.2. The zero-order valence-electron chi connectivity index (χ0n) is 15.5. The molecule has 1 aromatic heterocycles. The molecule has 0 aliphatic rings. The molecule has 0 atom stereocenters. The van der Waals surface area contributed by atoms with Gasteiger partial charge in [-0.25, -0.2) is 4.39 Å². The largest absolute Gasteiger partial charge is 0.383 e. The number of carbonyl (C=O) groups excluding carboxylic acids is 1. The molecule has 8 heteroatoms. The van der Waals surface area contributed by atoms with E-state index in [2.05, 4.69) is 15.5 Å². The van der Waals surface area contributed by atoms with Gasteiger partial charge in [0.25, 0.3) is 0 Å². The Balaban J connectivity index is 1.67. The first kappa shape index (κ1) is 20.0. The van der Waals surface area contributed by atoms with Crippen LogP contribution >= 0.6 is 11.8 Å². The molecule has 0 saturated carbocycles. The molecule has 3 aromatic rings. The average molecular weight is 400 g/mol. The first-order valence-corrected chi connectivity index (χ1v) is 9.78. The quantitative estimate of drug-likeness (QED) is 0.558. The summed E-state index contributed by atoms with van der Waals surface area (Å²) in [7, 11) is 1.63. The number of rotatable bonds is 9. The normalized spacial score (nSPS) is 10.8. The third kappa shape index (κ3) is 5.40. The fraction of sp³-hybridized carbons (Fsp3) is 0.250. The van der Waals surface area contributed by atoms with Crippen molar-refractivity contribution in [2.24, 2.45) is 0 Å². The van der Waals surface area contributed by atoms with Gasteiger partial charge >= 0.3 is 0 Å². The van der Waals surface area contributed by atoms with Crippen LogP contribution < -0.4 is 5.32 Å². The van der Waals surface area contributed by atoms with Crippen molar-refractivity contribution in [3.8, 4) is 0 Å². The van der Waals surface area contributed by atoms with Gasteiger partial charge < -0.3 is 14.6 Å². The molecule has 0 spiro atoms. The molecule has 0 unspecified atom stereocenters. The number of para-hydroxylation sites is 1. The Morgan fingerprint density at radius 3 is 2.64 bits per heavy atom. The van der Waals surface area contributed by atoms with Crippen LogP contribution in [-0.2, 0) is 22.5 Å². The summed E-state index contributed by atoms with van der Waals surface area (Å²) < 4.78 is 20.8. The molecular weight excluding hydrogens is 379 g/mol. The van der Waals surface area contributed by atoms with E-state index in [-0.39, 0.29) is 17.3 Å².